The van der Waals surface area contributed by atoms with Crippen molar-refractivity contribution in [3.8, 4) is 0 Å². The molecule has 0 N–H and O–H groups in total. The molecule has 5 nitrogen and oxygen atoms in total. The number of aromatic nitrogens is 1. The number of carbonyl (C=O) groups is 2. The summed E-state index contributed by atoms with van der Waals surface area (Å²) >= 11 is 0. The minimum absolute atomic E-state index is 0.0579. The largest absolute Gasteiger partial charge is 0.347 e. The van der Waals surface area contributed by atoms with E-state index in [-0.39, 0.29) is 18.4 Å². The van der Waals surface area contributed by atoms with Gasteiger partial charge in [0.25, 0.3) is 5.91 Å². The molecule has 1 rings (SSSR count). The number of pyridine rings is 1. The van der Waals surface area contributed by atoms with Gasteiger partial charge in [0, 0.05) is 27.3 Å². The number of amides is 2. The van der Waals surface area contributed by atoms with Crippen molar-refractivity contribution in [2.75, 3.05) is 27.7 Å². The monoisotopic (exact) mass is 221 g/mol. The van der Waals surface area contributed by atoms with Crippen LogP contribution < -0.4 is 0 Å². The SMILES string of the molecule is CN(C)C(=O)CN(C)C(=O)c1ccccn1. The summed E-state index contributed by atoms with van der Waals surface area (Å²) in [6.07, 6.45) is 1.55. The molecule has 0 fully saturated rings. The Balaban J connectivity index is 2.65. The lowest BCUT2D eigenvalue weighted by Gasteiger charge is -2.18. The quantitative estimate of drug-likeness (QED) is 0.734. The summed E-state index contributed by atoms with van der Waals surface area (Å²) in [6.45, 7) is 0.0579. The zero-order valence-corrected chi connectivity index (χ0v) is 9.67. The molecule has 0 radical (unpaired) electrons. The van der Waals surface area contributed by atoms with Crippen molar-refractivity contribution < 1.29 is 9.59 Å². The number of likely N-dealkylation sites (N-methyl/N-ethyl adjacent to an activating group) is 2. The molecule has 1 aromatic heterocycles. The van der Waals surface area contributed by atoms with Gasteiger partial charge < -0.3 is 9.80 Å². The molecule has 0 aliphatic heterocycles. The summed E-state index contributed by atoms with van der Waals surface area (Å²) in [5, 5.41) is 0. The highest BCUT2D eigenvalue weighted by molar-refractivity contribution is 5.94. The maximum Gasteiger partial charge on any atom is 0.272 e. The number of nitrogens with zero attached hydrogens (tertiary/aromatic N) is 3. The van der Waals surface area contributed by atoms with Crippen molar-refractivity contribution in [2.45, 2.75) is 0 Å². The van der Waals surface area contributed by atoms with Gasteiger partial charge in [-0.1, -0.05) is 6.07 Å². The third-order valence-electron chi connectivity index (χ3n) is 2.10. The van der Waals surface area contributed by atoms with Gasteiger partial charge >= 0.3 is 0 Å². The molecule has 1 aromatic rings. The smallest absolute Gasteiger partial charge is 0.272 e. The summed E-state index contributed by atoms with van der Waals surface area (Å²) in [6, 6.07) is 5.10. The lowest BCUT2D eigenvalue weighted by Crippen LogP contribution is -2.38. The Morgan fingerprint density at radius 2 is 1.94 bits per heavy atom. The Hall–Kier alpha value is -1.91. The second kappa shape index (κ2) is 5.25. The highest BCUT2D eigenvalue weighted by atomic mass is 16.2. The predicted octanol–water partition coefficient (Wildman–Crippen LogP) is 0.242. The van der Waals surface area contributed by atoms with E-state index in [1.165, 1.54) is 9.80 Å². The zero-order valence-electron chi connectivity index (χ0n) is 9.67. The van der Waals surface area contributed by atoms with Crippen LogP contribution in [-0.4, -0.2) is 54.3 Å². The minimum atomic E-state index is -0.254. The van der Waals surface area contributed by atoms with Crippen LogP contribution in [0.2, 0.25) is 0 Å². The first-order valence-electron chi connectivity index (χ1n) is 4.89. The molecule has 16 heavy (non-hydrogen) atoms. The van der Waals surface area contributed by atoms with E-state index >= 15 is 0 Å². The van der Waals surface area contributed by atoms with Crippen molar-refractivity contribution in [3.63, 3.8) is 0 Å². The lowest BCUT2D eigenvalue weighted by atomic mass is 10.3. The van der Waals surface area contributed by atoms with Crippen LogP contribution in [0.25, 0.3) is 0 Å². The van der Waals surface area contributed by atoms with E-state index in [1.807, 2.05) is 0 Å². The zero-order chi connectivity index (χ0) is 12.1. The van der Waals surface area contributed by atoms with Crippen LogP contribution in [-0.2, 0) is 4.79 Å². The predicted molar refractivity (Wildman–Crippen MR) is 59.9 cm³/mol. The standard InChI is InChI=1S/C11H15N3O2/c1-13(2)10(15)8-14(3)11(16)9-6-4-5-7-12-9/h4-7H,8H2,1-3H3. The lowest BCUT2D eigenvalue weighted by molar-refractivity contribution is -0.129. The summed E-state index contributed by atoms with van der Waals surface area (Å²) in [4.78, 5) is 29.9. The summed E-state index contributed by atoms with van der Waals surface area (Å²) < 4.78 is 0. The number of hydrogen-bond acceptors (Lipinski definition) is 3. The molecule has 0 atom stereocenters. The first kappa shape index (κ1) is 12.2. The fourth-order valence-corrected chi connectivity index (χ4v) is 1.10. The molecule has 0 saturated carbocycles. The second-order valence-electron chi connectivity index (χ2n) is 3.66. The van der Waals surface area contributed by atoms with E-state index in [2.05, 4.69) is 4.98 Å². The van der Waals surface area contributed by atoms with Crippen molar-refractivity contribution in [2.24, 2.45) is 0 Å². The number of carbonyl (C=O) groups excluding carboxylic acids is 2. The van der Waals surface area contributed by atoms with Gasteiger partial charge in [-0.25, -0.2) is 0 Å². The normalized spacial score (nSPS) is 9.69. The van der Waals surface area contributed by atoms with Crippen LogP contribution in [0.15, 0.2) is 24.4 Å². The summed E-state index contributed by atoms with van der Waals surface area (Å²) in [5.41, 5.74) is 0.344. The van der Waals surface area contributed by atoms with Crippen LogP contribution in [0.1, 0.15) is 10.5 Å². The van der Waals surface area contributed by atoms with Gasteiger partial charge in [0.05, 0.1) is 6.54 Å². The highest BCUT2D eigenvalue weighted by Gasteiger charge is 2.16. The fourth-order valence-electron chi connectivity index (χ4n) is 1.10. The van der Waals surface area contributed by atoms with Gasteiger partial charge in [-0.15, -0.1) is 0 Å². The van der Waals surface area contributed by atoms with Gasteiger partial charge in [0.15, 0.2) is 0 Å². The first-order chi connectivity index (χ1) is 7.52. The van der Waals surface area contributed by atoms with Crippen LogP contribution in [0.3, 0.4) is 0 Å². The molecule has 0 spiro atoms. The number of rotatable bonds is 3. The molecule has 0 bridgehead atoms. The molecule has 2 amide bonds. The first-order valence-corrected chi connectivity index (χ1v) is 4.89. The van der Waals surface area contributed by atoms with E-state index < -0.39 is 0 Å². The Bertz CT molecular complexity index is 376. The van der Waals surface area contributed by atoms with Gasteiger partial charge in [-0.05, 0) is 12.1 Å². The fraction of sp³-hybridized carbons (Fsp3) is 0.364. The van der Waals surface area contributed by atoms with E-state index in [0.29, 0.717) is 5.69 Å². The molecule has 0 unspecified atom stereocenters. The summed E-state index contributed by atoms with van der Waals surface area (Å²) in [7, 11) is 4.89. The maximum atomic E-state index is 11.8. The topological polar surface area (TPSA) is 53.5 Å². The molecule has 0 aromatic carbocycles. The second-order valence-corrected chi connectivity index (χ2v) is 3.66. The Kier molecular flexibility index (Phi) is 3.99. The van der Waals surface area contributed by atoms with Gasteiger partial charge in [0.1, 0.15) is 5.69 Å². The average molecular weight is 221 g/mol. The third-order valence-corrected chi connectivity index (χ3v) is 2.10. The van der Waals surface area contributed by atoms with Crippen LogP contribution >= 0.6 is 0 Å². The van der Waals surface area contributed by atoms with E-state index in [9.17, 15) is 9.59 Å². The Morgan fingerprint density at radius 3 is 2.44 bits per heavy atom. The van der Waals surface area contributed by atoms with E-state index in [0.717, 1.165) is 0 Å². The molecule has 0 aliphatic rings. The van der Waals surface area contributed by atoms with Crippen LogP contribution in [0, 0.1) is 0 Å². The third kappa shape index (κ3) is 3.05. The Morgan fingerprint density at radius 1 is 1.25 bits per heavy atom. The van der Waals surface area contributed by atoms with Gasteiger partial charge in [-0.3, -0.25) is 14.6 Å². The van der Waals surface area contributed by atoms with E-state index in [4.69, 9.17) is 0 Å². The van der Waals surface area contributed by atoms with Gasteiger partial charge in [0.2, 0.25) is 5.91 Å². The maximum absolute atomic E-state index is 11.8. The molecular formula is C11H15N3O2. The minimum Gasteiger partial charge on any atom is -0.347 e. The molecule has 86 valence electrons. The van der Waals surface area contributed by atoms with Gasteiger partial charge in [-0.2, -0.15) is 0 Å². The molecule has 5 heteroatoms. The van der Waals surface area contributed by atoms with Crippen molar-refractivity contribution in [1.29, 1.82) is 0 Å². The molecule has 1 heterocycles. The van der Waals surface area contributed by atoms with Crippen LogP contribution in [0.4, 0.5) is 0 Å². The van der Waals surface area contributed by atoms with Crippen molar-refractivity contribution in [3.05, 3.63) is 30.1 Å². The van der Waals surface area contributed by atoms with Crippen molar-refractivity contribution in [1.82, 2.24) is 14.8 Å². The van der Waals surface area contributed by atoms with Crippen LogP contribution in [0.5, 0.6) is 0 Å². The number of hydrogen-bond donors (Lipinski definition) is 0. The summed E-state index contributed by atoms with van der Waals surface area (Å²) in [5.74, 6) is -0.373. The molecule has 0 aliphatic carbocycles. The molecule has 0 saturated heterocycles. The van der Waals surface area contributed by atoms with Crippen molar-refractivity contribution >= 4 is 11.8 Å². The Labute approximate surface area is 94.7 Å². The highest BCUT2D eigenvalue weighted by Crippen LogP contribution is 1.99. The van der Waals surface area contributed by atoms with E-state index in [1.54, 1.807) is 45.5 Å². The average Bonchev–Trinajstić information content (AvgIpc) is 2.28. The molecular weight excluding hydrogens is 206 g/mol.